The number of hydrogen-bond acceptors (Lipinski definition) is 3. The first-order valence-electron chi connectivity index (χ1n) is 5.01. The van der Waals surface area contributed by atoms with Gasteiger partial charge in [0.05, 0.1) is 11.1 Å². The van der Waals surface area contributed by atoms with Crippen molar-refractivity contribution in [3.63, 3.8) is 0 Å². The SMILES string of the molecule is N#Cc1cccc(C#N)c1Oc1ccccc1. The third-order valence-corrected chi connectivity index (χ3v) is 2.22. The number of para-hydroxylation sites is 2. The van der Waals surface area contributed by atoms with E-state index in [0.717, 1.165) is 0 Å². The summed E-state index contributed by atoms with van der Waals surface area (Å²) in [4.78, 5) is 0. The van der Waals surface area contributed by atoms with E-state index in [9.17, 15) is 0 Å². The van der Waals surface area contributed by atoms with Gasteiger partial charge in [0, 0.05) is 0 Å². The zero-order chi connectivity index (χ0) is 12.1. The standard InChI is InChI=1S/C14H8N2O/c15-9-11-5-4-6-12(10-16)14(11)17-13-7-2-1-3-8-13/h1-8H. The molecule has 0 spiro atoms. The van der Waals surface area contributed by atoms with Crippen LogP contribution in [0.4, 0.5) is 0 Å². The smallest absolute Gasteiger partial charge is 0.162 e. The maximum atomic E-state index is 8.98. The van der Waals surface area contributed by atoms with Gasteiger partial charge in [-0.25, -0.2) is 0 Å². The second-order valence-corrected chi connectivity index (χ2v) is 3.32. The third-order valence-electron chi connectivity index (χ3n) is 2.22. The van der Waals surface area contributed by atoms with Crippen LogP contribution in [0.3, 0.4) is 0 Å². The molecule has 0 saturated heterocycles. The number of rotatable bonds is 2. The van der Waals surface area contributed by atoms with E-state index < -0.39 is 0 Å². The summed E-state index contributed by atoms with van der Waals surface area (Å²) in [5.41, 5.74) is 0.709. The minimum atomic E-state index is 0.309. The summed E-state index contributed by atoms with van der Waals surface area (Å²) in [6.07, 6.45) is 0. The van der Waals surface area contributed by atoms with Crippen LogP contribution in [-0.2, 0) is 0 Å². The van der Waals surface area contributed by atoms with Gasteiger partial charge < -0.3 is 4.74 Å². The topological polar surface area (TPSA) is 56.8 Å². The van der Waals surface area contributed by atoms with E-state index in [4.69, 9.17) is 15.3 Å². The van der Waals surface area contributed by atoms with Crippen molar-refractivity contribution in [3.8, 4) is 23.6 Å². The third kappa shape index (κ3) is 2.25. The number of benzene rings is 2. The molecule has 80 valence electrons. The Labute approximate surface area is 99.1 Å². The van der Waals surface area contributed by atoms with Crippen LogP contribution in [0, 0.1) is 22.7 Å². The van der Waals surface area contributed by atoms with Crippen LogP contribution in [-0.4, -0.2) is 0 Å². The van der Waals surface area contributed by atoms with Crippen molar-refractivity contribution in [2.75, 3.05) is 0 Å². The summed E-state index contributed by atoms with van der Waals surface area (Å²) in [6, 6.07) is 18.0. The van der Waals surface area contributed by atoms with E-state index in [-0.39, 0.29) is 0 Å². The average molecular weight is 220 g/mol. The Kier molecular flexibility index (Phi) is 3.05. The van der Waals surface area contributed by atoms with Crippen LogP contribution in [0.2, 0.25) is 0 Å². The van der Waals surface area contributed by atoms with Crippen LogP contribution in [0.5, 0.6) is 11.5 Å². The van der Waals surface area contributed by atoms with Crippen molar-refractivity contribution in [2.45, 2.75) is 0 Å². The van der Waals surface area contributed by atoms with Gasteiger partial charge in [0.25, 0.3) is 0 Å². The molecule has 0 aromatic heterocycles. The van der Waals surface area contributed by atoms with Gasteiger partial charge in [0.2, 0.25) is 0 Å². The van der Waals surface area contributed by atoms with Crippen molar-refractivity contribution < 1.29 is 4.74 Å². The summed E-state index contributed by atoms with van der Waals surface area (Å²) < 4.78 is 5.58. The van der Waals surface area contributed by atoms with Gasteiger partial charge in [-0.05, 0) is 24.3 Å². The highest BCUT2D eigenvalue weighted by Gasteiger charge is 2.10. The van der Waals surface area contributed by atoms with Gasteiger partial charge in [0.1, 0.15) is 17.9 Å². The molecule has 0 unspecified atom stereocenters. The van der Waals surface area contributed by atoms with Crippen LogP contribution >= 0.6 is 0 Å². The van der Waals surface area contributed by atoms with Gasteiger partial charge in [0.15, 0.2) is 5.75 Å². The molecule has 0 amide bonds. The van der Waals surface area contributed by atoms with Crippen LogP contribution in [0.25, 0.3) is 0 Å². The van der Waals surface area contributed by atoms with Crippen molar-refractivity contribution in [2.24, 2.45) is 0 Å². The Bertz CT molecular complexity index is 574. The van der Waals surface area contributed by atoms with Gasteiger partial charge in [-0.1, -0.05) is 24.3 Å². The summed E-state index contributed by atoms with van der Waals surface area (Å²) >= 11 is 0. The maximum absolute atomic E-state index is 8.98. The molecule has 0 aliphatic heterocycles. The molecule has 0 N–H and O–H groups in total. The maximum Gasteiger partial charge on any atom is 0.162 e. The summed E-state index contributed by atoms with van der Waals surface area (Å²) in [5, 5.41) is 18.0. The van der Waals surface area contributed by atoms with E-state index in [1.807, 2.05) is 30.3 Å². The molecule has 0 saturated carbocycles. The lowest BCUT2D eigenvalue weighted by atomic mass is 10.1. The monoisotopic (exact) mass is 220 g/mol. The van der Waals surface area contributed by atoms with Crippen LogP contribution < -0.4 is 4.74 Å². The molecular formula is C14H8N2O. The Hall–Kier alpha value is -2.78. The molecule has 3 heteroatoms. The predicted octanol–water partition coefficient (Wildman–Crippen LogP) is 3.22. The van der Waals surface area contributed by atoms with E-state index in [1.54, 1.807) is 30.3 Å². The number of ether oxygens (including phenoxy) is 1. The van der Waals surface area contributed by atoms with E-state index in [2.05, 4.69) is 0 Å². The van der Waals surface area contributed by atoms with Crippen molar-refractivity contribution in [1.29, 1.82) is 10.5 Å². The summed E-state index contributed by atoms with van der Waals surface area (Å²) in [6.45, 7) is 0. The quantitative estimate of drug-likeness (QED) is 0.780. The largest absolute Gasteiger partial charge is 0.455 e. The molecule has 2 aromatic carbocycles. The highest BCUT2D eigenvalue weighted by molar-refractivity contribution is 5.55. The number of nitriles is 2. The minimum Gasteiger partial charge on any atom is -0.455 e. The van der Waals surface area contributed by atoms with Crippen molar-refractivity contribution >= 4 is 0 Å². The highest BCUT2D eigenvalue weighted by Crippen LogP contribution is 2.28. The number of hydrogen-bond donors (Lipinski definition) is 0. The first-order valence-corrected chi connectivity index (χ1v) is 5.01. The molecule has 3 nitrogen and oxygen atoms in total. The Balaban J connectivity index is 2.46. The average Bonchev–Trinajstić information content (AvgIpc) is 2.40. The summed E-state index contributed by atoms with van der Waals surface area (Å²) in [5.74, 6) is 0.912. The molecule has 0 bridgehead atoms. The number of nitrogens with zero attached hydrogens (tertiary/aromatic N) is 2. The fourth-order valence-corrected chi connectivity index (χ4v) is 1.43. The molecule has 17 heavy (non-hydrogen) atoms. The van der Waals surface area contributed by atoms with E-state index in [1.165, 1.54) is 0 Å². The van der Waals surface area contributed by atoms with Crippen molar-refractivity contribution in [3.05, 3.63) is 59.7 Å². The lowest BCUT2D eigenvalue weighted by Crippen LogP contribution is -1.91. The molecule has 0 heterocycles. The lowest BCUT2D eigenvalue weighted by Gasteiger charge is -2.08. The predicted molar refractivity (Wildman–Crippen MR) is 62.4 cm³/mol. The lowest BCUT2D eigenvalue weighted by molar-refractivity contribution is 0.479. The van der Waals surface area contributed by atoms with Gasteiger partial charge >= 0.3 is 0 Å². The zero-order valence-electron chi connectivity index (χ0n) is 8.92. The molecular weight excluding hydrogens is 212 g/mol. The first-order chi connectivity index (χ1) is 8.35. The molecule has 2 aromatic rings. The molecule has 2 rings (SSSR count). The minimum absolute atomic E-state index is 0.309. The first kappa shape index (κ1) is 10.7. The zero-order valence-corrected chi connectivity index (χ0v) is 8.92. The Morgan fingerprint density at radius 1 is 0.765 bits per heavy atom. The van der Waals surface area contributed by atoms with Crippen molar-refractivity contribution in [1.82, 2.24) is 0 Å². The van der Waals surface area contributed by atoms with Gasteiger partial charge in [-0.2, -0.15) is 10.5 Å². The van der Waals surface area contributed by atoms with Gasteiger partial charge in [-0.3, -0.25) is 0 Å². The highest BCUT2D eigenvalue weighted by atomic mass is 16.5. The molecule has 0 atom stereocenters. The molecule has 0 aliphatic carbocycles. The Morgan fingerprint density at radius 2 is 1.35 bits per heavy atom. The van der Waals surface area contributed by atoms with Crippen LogP contribution in [0.15, 0.2) is 48.5 Å². The summed E-state index contributed by atoms with van der Waals surface area (Å²) in [7, 11) is 0. The Morgan fingerprint density at radius 3 is 1.88 bits per heavy atom. The second kappa shape index (κ2) is 4.83. The molecule has 0 aliphatic rings. The van der Waals surface area contributed by atoms with Crippen LogP contribution in [0.1, 0.15) is 11.1 Å². The fourth-order valence-electron chi connectivity index (χ4n) is 1.43. The van der Waals surface area contributed by atoms with E-state index >= 15 is 0 Å². The van der Waals surface area contributed by atoms with E-state index in [0.29, 0.717) is 22.6 Å². The second-order valence-electron chi connectivity index (χ2n) is 3.32. The fraction of sp³-hybridized carbons (Fsp3) is 0. The normalized spacial score (nSPS) is 9.06. The van der Waals surface area contributed by atoms with Gasteiger partial charge in [-0.15, -0.1) is 0 Å². The molecule has 0 radical (unpaired) electrons. The molecule has 0 fully saturated rings.